The summed E-state index contributed by atoms with van der Waals surface area (Å²) in [4.78, 5) is 27.3. The number of thiazole rings is 1. The highest BCUT2D eigenvalue weighted by molar-refractivity contribution is 8.93. The molecule has 2 aromatic rings. The van der Waals surface area contributed by atoms with Gasteiger partial charge >= 0.3 is 5.97 Å². The summed E-state index contributed by atoms with van der Waals surface area (Å²) in [7, 11) is 0. The molecule has 0 unspecified atom stereocenters. The number of aromatic nitrogens is 1. The highest BCUT2D eigenvalue weighted by atomic mass is 79.9. The molecule has 1 aliphatic heterocycles. The summed E-state index contributed by atoms with van der Waals surface area (Å²) in [5.41, 5.74) is 1.02. The van der Waals surface area contributed by atoms with Crippen molar-refractivity contribution in [2.75, 3.05) is 25.0 Å². The third-order valence-corrected chi connectivity index (χ3v) is 4.92. The number of piperidine rings is 1. The van der Waals surface area contributed by atoms with Gasteiger partial charge in [-0.1, -0.05) is 0 Å². The van der Waals surface area contributed by atoms with Gasteiger partial charge in [-0.15, -0.1) is 28.3 Å². The predicted molar refractivity (Wildman–Crippen MR) is 105 cm³/mol. The van der Waals surface area contributed by atoms with Crippen LogP contribution in [0.2, 0.25) is 0 Å². The molecule has 26 heavy (non-hydrogen) atoms. The maximum absolute atomic E-state index is 12.3. The normalized spacial score (nSPS) is 14.3. The number of hydrogen-bond donors (Lipinski definition) is 3. The average molecular weight is 442 g/mol. The van der Waals surface area contributed by atoms with Crippen LogP contribution in [0.1, 0.15) is 34.3 Å². The van der Waals surface area contributed by atoms with Crippen LogP contribution in [-0.4, -0.2) is 41.7 Å². The minimum absolute atomic E-state index is 0. The Morgan fingerprint density at radius 1 is 1.27 bits per heavy atom. The van der Waals surface area contributed by atoms with E-state index >= 15 is 0 Å². The highest BCUT2D eigenvalue weighted by Gasteiger charge is 2.20. The fourth-order valence-electron chi connectivity index (χ4n) is 2.62. The molecule has 0 saturated carbocycles. The predicted octanol–water partition coefficient (Wildman–Crippen LogP) is 2.90. The number of rotatable bonds is 6. The van der Waals surface area contributed by atoms with Crippen molar-refractivity contribution in [2.24, 2.45) is 0 Å². The number of carboxylic acid groups (broad SMARTS) is 1. The van der Waals surface area contributed by atoms with Gasteiger partial charge in [-0.05, 0) is 50.2 Å². The molecule has 1 aliphatic rings. The van der Waals surface area contributed by atoms with Crippen molar-refractivity contribution in [2.45, 2.75) is 18.8 Å². The van der Waals surface area contributed by atoms with Crippen LogP contribution in [0.25, 0.3) is 0 Å². The Balaban J connectivity index is 0.00000243. The summed E-state index contributed by atoms with van der Waals surface area (Å²) >= 11 is 1.53. The number of nitrogens with one attached hydrogen (secondary N) is 2. The Kier molecular flexibility index (Phi) is 7.55. The number of benzene rings is 1. The molecule has 140 valence electrons. The first-order valence-electron chi connectivity index (χ1n) is 8.04. The van der Waals surface area contributed by atoms with Crippen molar-refractivity contribution >= 4 is 45.9 Å². The van der Waals surface area contributed by atoms with E-state index in [-0.39, 0.29) is 22.9 Å². The molecular weight excluding hydrogens is 422 g/mol. The second-order valence-electron chi connectivity index (χ2n) is 5.76. The fraction of sp³-hybridized carbons (Fsp3) is 0.353. The minimum atomic E-state index is -1.04. The van der Waals surface area contributed by atoms with E-state index in [4.69, 9.17) is 9.84 Å². The molecule has 9 heteroatoms. The number of aliphatic carboxylic acids is 1. The number of anilines is 1. The van der Waals surface area contributed by atoms with Gasteiger partial charge in [-0.3, -0.25) is 4.79 Å². The molecule has 1 saturated heterocycles. The molecule has 0 aliphatic carbocycles. The van der Waals surface area contributed by atoms with Gasteiger partial charge < -0.3 is 20.5 Å². The maximum atomic E-state index is 12.3. The lowest BCUT2D eigenvalue weighted by Crippen LogP contribution is -2.26. The van der Waals surface area contributed by atoms with E-state index in [1.807, 2.05) is 0 Å². The van der Waals surface area contributed by atoms with Gasteiger partial charge in [0.2, 0.25) is 0 Å². The van der Waals surface area contributed by atoms with E-state index in [0.29, 0.717) is 23.0 Å². The Bertz CT molecular complexity index is 745. The van der Waals surface area contributed by atoms with E-state index in [9.17, 15) is 9.59 Å². The van der Waals surface area contributed by atoms with Gasteiger partial charge in [0.25, 0.3) is 5.91 Å². The van der Waals surface area contributed by atoms with E-state index in [1.54, 1.807) is 29.6 Å². The number of nitrogens with zero attached hydrogens (tertiary/aromatic N) is 1. The van der Waals surface area contributed by atoms with Crippen molar-refractivity contribution in [3.05, 3.63) is 40.3 Å². The van der Waals surface area contributed by atoms with Crippen LogP contribution in [0.5, 0.6) is 5.75 Å². The smallest absolute Gasteiger partial charge is 0.341 e. The summed E-state index contributed by atoms with van der Waals surface area (Å²) in [6.45, 7) is 1.58. The molecule has 1 aromatic carbocycles. The molecule has 1 aromatic heterocycles. The SMILES string of the molecule is Br.O=C(O)COc1ccc(NC(=O)c2csc(C3CCNCC3)n2)cc1. The molecule has 0 radical (unpaired) electrons. The molecule has 0 spiro atoms. The number of amides is 1. The van der Waals surface area contributed by atoms with Gasteiger partial charge in [-0.2, -0.15) is 0 Å². The zero-order valence-corrected chi connectivity index (χ0v) is 16.5. The highest BCUT2D eigenvalue weighted by Crippen LogP contribution is 2.28. The Labute approximate surface area is 165 Å². The summed E-state index contributed by atoms with van der Waals surface area (Å²) in [5.74, 6) is -0.429. The van der Waals surface area contributed by atoms with Gasteiger partial charge in [0.1, 0.15) is 11.4 Å². The first-order valence-corrected chi connectivity index (χ1v) is 8.92. The molecule has 7 nitrogen and oxygen atoms in total. The lowest BCUT2D eigenvalue weighted by atomic mass is 9.99. The van der Waals surface area contributed by atoms with Crippen LogP contribution in [0.4, 0.5) is 5.69 Å². The van der Waals surface area contributed by atoms with Crippen LogP contribution >= 0.6 is 28.3 Å². The largest absolute Gasteiger partial charge is 0.482 e. The van der Waals surface area contributed by atoms with E-state index in [0.717, 1.165) is 30.9 Å². The summed E-state index contributed by atoms with van der Waals surface area (Å²) < 4.78 is 5.05. The van der Waals surface area contributed by atoms with Gasteiger partial charge in [-0.25, -0.2) is 9.78 Å². The zero-order valence-electron chi connectivity index (χ0n) is 13.9. The number of carbonyl (C=O) groups is 2. The lowest BCUT2D eigenvalue weighted by Gasteiger charge is -2.20. The van der Waals surface area contributed by atoms with Crippen LogP contribution in [-0.2, 0) is 4.79 Å². The van der Waals surface area contributed by atoms with Crippen LogP contribution in [0.15, 0.2) is 29.6 Å². The summed E-state index contributed by atoms with van der Waals surface area (Å²) in [6.07, 6.45) is 2.10. The third-order valence-electron chi connectivity index (χ3n) is 3.92. The topological polar surface area (TPSA) is 101 Å². The number of hydrogen-bond acceptors (Lipinski definition) is 6. The van der Waals surface area contributed by atoms with Crippen molar-refractivity contribution in [1.29, 1.82) is 0 Å². The van der Waals surface area contributed by atoms with Gasteiger partial charge in [0.05, 0.1) is 5.01 Å². The number of halogens is 1. The van der Waals surface area contributed by atoms with Crippen LogP contribution in [0.3, 0.4) is 0 Å². The average Bonchev–Trinajstić information content (AvgIpc) is 3.12. The summed E-state index contributed by atoms with van der Waals surface area (Å²) in [5, 5.41) is 17.5. The zero-order chi connectivity index (χ0) is 17.6. The number of carboxylic acids is 1. The monoisotopic (exact) mass is 441 g/mol. The van der Waals surface area contributed by atoms with Crippen molar-refractivity contribution in [1.82, 2.24) is 10.3 Å². The van der Waals surface area contributed by atoms with Crippen molar-refractivity contribution in [3.8, 4) is 5.75 Å². The van der Waals surface area contributed by atoms with Crippen LogP contribution < -0.4 is 15.4 Å². The fourth-order valence-corrected chi connectivity index (χ4v) is 3.59. The van der Waals surface area contributed by atoms with E-state index in [2.05, 4.69) is 15.6 Å². The Morgan fingerprint density at radius 3 is 2.62 bits per heavy atom. The maximum Gasteiger partial charge on any atom is 0.341 e. The molecule has 3 rings (SSSR count). The quantitative estimate of drug-likeness (QED) is 0.636. The third kappa shape index (κ3) is 5.52. The van der Waals surface area contributed by atoms with Crippen LogP contribution in [0, 0.1) is 0 Å². The molecule has 1 amide bonds. The van der Waals surface area contributed by atoms with Gasteiger partial charge in [0.15, 0.2) is 6.61 Å². The van der Waals surface area contributed by atoms with Gasteiger partial charge in [0, 0.05) is 17.0 Å². The minimum Gasteiger partial charge on any atom is -0.482 e. The first-order chi connectivity index (χ1) is 12.1. The molecule has 0 atom stereocenters. The molecular formula is C17H20BrN3O4S. The lowest BCUT2D eigenvalue weighted by molar-refractivity contribution is -0.139. The second-order valence-corrected chi connectivity index (χ2v) is 6.65. The molecule has 1 fully saturated rings. The first kappa shape index (κ1) is 20.3. The Hall–Kier alpha value is -1.97. The summed E-state index contributed by atoms with van der Waals surface area (Å²) in [6, 6.07) is 6.55. The van der Waals surface area contributed by atoms with E-state index in [1.165, 1.54) is 11.3 Å². The molecule has 2 heterocycles. The molecule has 0 bridgehead atoms. The van der Waals surface area contributed by atoms with Crippen molar-refractivity contribution < 1.29 is 19.4 Å². The second kappa shape index (κ2) is 9.65. The Morgan fingerprint density at radius 2 is 1.96 bits per heavy atom. The number of ether oxygens (including phenoxy) is 1. The number of carbonyl (C=O) groups excluding carboxylic acids is 1. The van der Waals surface area contributed by atoms with Crippen molar-refractivity contribution in [3.63, 3.8) is 0 Å². The standard InChI is InChI=1S/C17H19N3O4S.BrH/c21-15(22)9-24-13-3-1-12(2-4-13)19-16(23)14-10-25-17(20-14)11-5-7-18-8-6-11;/h1-4,10-11,18H,5-9H2,(H,19,23)(H,21,22);1H. The van der Waals surface area contributed by atoms with E-state index < -0.39 is 12.6 Å². The molecule has 3 N–H and O–H groups in total.